The van der Waals surface area contributed by atoms with E-state index < -0.39 is 6.61 Å². The lowest BCUT2D eigenvalue weighted by atomic mass is 10.1. The largest absolute Gasteiger partial charge is 0.435 e. The quantitative estimate of drug-likeness (QED) is 0.850. The first-order valence-corrected chi connectivity index (χ1v) is 7.09. The molecule has 0 atom stereocenters. The van der Waals surface area contributed by atoms with Crippen LogP contribution in [-0.4, -0.2) is 34.2 Å². The average Bonchev–Trinajstić information content (AvgIpc) is 2.73. The Morgan fingerprint density at radius 2 is 1.91 bits per heavy atom. The third kappa shape index (κ3) is 3.85. The van der Waals surface area contributed by atoms with Gasteiger partial charge in [0.05, 0.1) is 11.3 Å². The molecule has 0 N–H and O–H groups in total. The van der Waals surface area contributed by atoms with Crippen molar-refractivity contribution in [3.8, 4) is 5.75 Å². The van der Waals surface area contributed by atoms with Crippen LogP contribution in [0.3, 0.4) is 0 Å². The van der Waals surface area contributed by atoms with E-state index >= 15 is 0 Å². The van der Waals surface area contributed by atoms with Crippen molar-refractivity contribution >= 4 is 5.91 Å². The molecular formula is C16H19F2N3O2. The Morgan fingerprint density at radius 3 is 2.39 bits per heavy atom. The van der Waals surface area contributed by atoms with Gasteiger partial charge in [-0.3, -0.25) is 9.48 Å². The average molecular weight is 323 g/mol. The van der Waals surface area contributed by atoms with Crippen LogP contribution in [0.15, 0.2) is 24.3 Å². The van der Waals surface area contributed by atoms with Crippen molar-refractivity contribution in [2.24, 2.45) is 7.05 Å². The number of rotatable bonds is 5. The molecule has 124 valence electrons. The number of nitrogens with zero attached hydrogens (tertiary/aromatic N) is 3. The number of benzene rings is 1. The van der Waals surface area contributed by atoms with Crippen LogP contribution in [-0.2, 0) is 13.6 Å². The Morgan fingerprint density at radius 1 is 1.30 bits per heavy atom. The van der Waals surface area contributed by atoms with Crippen molar-refractivity contribution < 1.29 is 18.3 Å². The van der Waals surface area contributed by atoms with Gasteiger partial charge in [-0.05, 0) is 31.5 Å². The smallest absolute Gasteiger partial charge is 0.387 e. The van der Waals surface area contributed by atoms with Gasteiger partial charge in [-0.15, -0.1) is 0 Å². The van der Waals surface area contributed by atoms with Gasteiger partial charge in [0.25, 0.3) is 5.91 Å². The zero-order valence-corrected chi connectivity index (χ0v) is 13.5. The van der Waals surface area contributed by atoms with E-state index in [9.17, 15) is 13.6 Å². The zero-order valence-electron chi connectivity index (χ0n) is 13.5. The van der Waals surface area contributed by atoms with Crippen molar-refractivity contribution in [1.82, 2.24) is 14.7 Å². The van der Waals surface area contributed by atoms with E-state index in [0.717, 1.165) is 11.3 Å². The third-order valence-corrected chi connectivity index (χ3v) is 3.64. The van der Waals surface area contributed by atoms with Gasteiger partial charge in [0, 0.05) is 26.3 Å². The normalized spacial score (nSPS) is 10.9. The first kappa shape index (κ1) is 16.9. The predicted molar refractivity (Wildman–Crippen MR) is 81.6 cm³/mol. The lowest BCUT2D eigenvalue weighted by Gasteiger charge is -2.18. The van der Waals surface area contributed by atoms with E-state index in [1.807, 2.05) is 6.92 Å². The maximum atomic E-state index is 12.6. The fourth-order valence-corrected chi connectivity index (χ4v) is 2.40. The number of aryl methyl sites for hydroxylation is 2. The standard InChI is InChI=1S/C16H19F2N3O2/c1-10-14(11(2)21(4)19-10)15(22)20(3)9-12-5-7-13(8-6-12)23-16(17)18/h5-8,16H,9H2,1-4H3. The van der Waals surface area contributed by atoms with Crippen LogP contribution in [0.2, 0.25) is 0 Å². The number of halogens is 2. The van der Waals surface area contributed by atoms with Gasteiger partial charge in [-0.25, -0.2) is 0 Å². The second-order valence-electron chi connectivity index (χ2n) is 5.35. The maximum Gasteiger partial charge on any atom is 0.387 e. The van der Waals surface area contributed by atoms with E-state index in [-0.39, 0.29) is 11.7 Å². The summed E-state index contributed by atoms with van der Waals surface area (Å²) in [7, 11) is 3.48. The summed E-state index contributed by atoms with van der Waals surface area (Å²) in [6.07, 6.45) is 0. The summed E-state index contributed by atoms with van der Waals surface area (Å²) in [5.74, 6) is -0.0299. The Labute approximate surface area is 133 Å². The first-order chi connectivity index (χ1) is 10.8. The Hall–Kier alpha value is -2.44. The van der Waals surface area contributed by atoms with Crippen LogP contribution < -0.4 is 4.74 Å². The molecule has 0 saturated heterocycles. The van der Waals surface area contributed by atoms with Crippen LogP contribution >= 0.6 is 0 Å². The number of ether oxygens (including phenoxy) is 1. The minimum absolute atomic E-state index is 0.0941. The maximum absolute atomic E-state index is 12.6. The highest BCUT2D eigenvalue weighted by Crippen LogP contribution is 2.18. The highest BCUT2D eigenvalue weighted by atomic mass is 19.3. The molecule has 23 heavy (non-hydrogen) atoms. The van der Waals surface area contributed by atoms with Crippen LogP contribution in [0.25, 0.3) is 0 Å². The monoisotopic (exact) mass is 323 g/mol. The summed E-state index contributed by atoms with van der Waals surface area (Å²) < 4.78 is 30.2. The molecule has 0 saturated carbocycles. The number of carbonyl (C=O) groups is 1. The lowest BCUT2D eigenvalue weighted by Crippen LogP contribution is -2.27. The summed E-state index contributed by atoms with van der Waals surface area (Å²) in [5.41, 5.74) is 2.90. The molecule has 0 fully saturated rings. The molecule has 0 radical (unpaired) electrons. The Balaban J connectivity index is 2.09. The number of aromatic nitrogens is 2. The lowest BCUT2D eigenvalue weighted by molar-refractivity contribution is -0.0498. The number of hydrogen-bond donors (Lipinski definition) is 0. The zero-order chi connectivity index (χ0) is 17.1. The SMILES string of the molecule is Cc1nn(C)c(C)c1C(=O)N(C)Cc1ccc(OC(F)F)cc1. The predicted octanol–water partition coefficient (Wildman–Crippen LogP) is 2.91. The summed E-state index contributed by atoms with van der Waals surface area (Å²) in [4.78, 5) is 14.1. The van der Waals surface area contributed by atoms with Crippen LogP contribution in [0.4, 0.5) is 8.78 Å². The minimum Gasteiger partial charge on any atom is -0.435 e. The van der Waals surface area contributed by atoms with E-state index in [0.29, 0.717) is 17.8 Å². The molecule has 0 aliphatic heterocycles. The molecule has 1 amide bonds. The Kier molecular flexibility index (Phi) is 4.98. The summed E-state index contributed by atoms with van der Waals surface area (Å²) in [6, 6.07) is 6.23. The number of carbonyl (C=O) groups excluding carboxylic acids is 1. The summed E-state index contributed by atoms with van der Waals surface area (Å²) in [5, 5.41) is 4.24. The molecule has 2 rings (SSSR count). The van der Waals surface area contributed by atoms with Gasteiger partial charge >= 0.3 is 6.61 Å². The summed E-state index contributed by atoms with van der Waals surface area (Å²) in [6.45, 7) is 1.16. The van der Waals surface area contributed by atoms with E-state index in [2.05, 4.69) is 9.84 Å². The highest BCUT2D eigenvalue weighted by Gasteiger charge is 2.20. The van der Waals surface area contributed by atoms with Crippen molar-refractivity contribution in [2.45, 2.75) is 27.0 Å². The van der Waals surface area contributed by atoms with Crippen molar-refractivity contribution in [2.75, 3.05) is 7.05 Å². The number of alkyl halides is 2. The van der Waals surface area contributed by atoms with Crippen molar-refractivity contribution in [1.29, 1.82) is 0 Å². The summed E-state index contributed by atoms with van der Waals surface area (Å²) >= 11 is 0. The number of amides is 1. The van der Waals surface area contributed by atoms with E-state index in [1.54, 1.807) is 42.7 Å². The molecular weight excluding hydrogens is 304 g/mol. The second kappa shape index (κ2) is 6.76. The topological polar surface area (TPSA) is 47.4 Å². The fourth-order valence-electron chi connectivity index (χ4n) is 2.40. The van der Waals surface area contributed by atoms with E-state index in [1.165, 1.54) is 12.1 Å². The molecule has 1 aromatic heterocycles. The molecule has 0 aliphatic rings. The molecule has 0 bridgehead atoms. The second-order valence-corrected chi connectivity index (χ2v) is 5.35. The van der Waals surface area contributed by atoms with Gasteiger partial charge < -0.3 is 9.64 Å². The molecule has 1 aromatic carbocycles. The van der Waals surface area contributed by atoms with E-state index in [4.69, 9.17) is 0 Å². The first-order valence-electron chi connectivity index (χ1n) is 7.09. The molecule has 7 heteroatoms. The molecule has 0 aliphatic carbocycles. The van der Waals surface area contributed by atoms with Crippen LogP contribution in [0, 0.1) is 13.8 Å². The van der Waals surface area contributed by atoms with Crippen LogP contribution in [0.5, 0.6) is 5.75 Å². The number of hydrogen-bond acceptors (Lipinski definition) is 3. The van der Waals surface area contributed by atoms with Gasteiger partial charge in [0.15, 0.2) is 0 Å². The third-order valence-electron chi connectivity index (χ3n) is 3.64. The molecule has 5 nitrogen and oxygen atoms in total. The highest BCUT2D eigenvalue weighted by molar-refractivity contribution is 5.96. The van der Waals surface area contributed by atoms with Gasteiger partial charge in [0.1, 0.15) is 5.75 Å². The van der Waals surface area contributed by atoms with Crippen molar-refractivity contribution in [3.05, 3.63) is 46.8 Å². The molecule has 2 aromatic rings. The van der Waals surface area contributed by atoms with Gasteiger partial charge in [-0.1, -0.05) is 12.1 Å². The van der Waals surface area contributed by atoms with Gasteiger partial charge in [0.2, 0.25) is 0 Å². The van der Waals surface area contributed by atoms with Crippen molar-refractivity contribution in [3.63, 3.8) is 0 Å². The van der Waals surface area contributed by atoms with Crippen LogP contribution in [0.1, 0.15) is 27.3 Å². The molecule has 1 heterocycles. The van der Waals surface area contributed by atoms with Gasteiger partial charge in [-0.2, -0.15) is 13.9 Å². The minimum atomic E-state index is -2.85. The molecule has 0 spiro atoms. The molecule has 0 unspecified atom stereocenters. The fraction of sp³-hybridized carbons (Fsp3) is 0.375. The Bertz CT molecular complexity index is 696.